The van der Waals surface area contributed by atoms with Gasteiger partial charge in [-0.2, -0.15) is 0 Å². The molecule has 1 aromatic carbocycles. The van der Waals surface area contributed by atoms with Gasteiger partial charge in [0.25, 0.3) is 0 Å². The number of rotatable bonds is 5. The second kappa shape index (κ2) is 4.63. The molecule has 0 amide bonds. The van der Waals surface area contributed by atoms with Crippen molar-refractivity contribution in [2.24, 2.45) is 5.73 Å². The number of methoxy groups -OCH3 is 2. The van der Waals surface area contributed by atoms with Gasteiger partial charge in [-0.3, -0.25) is 0 Å². The molecule has 0 spiro atoms. The minimum Gasteiger partial charge on any atom is -0.496 e. The molecule has 0 saturated heterocycles. The molecule has 3 nitrogen and oxygen atoms in total. The zero-order chi connectivity index (χ0) is 12.5. The average Bonchev–Trinajstić information content (AvgIpc) is 3.12. The summed E-state index contributed by atoms with van der Waals surface area (Å²) < 4.78 is 24.7. The predicted molar refractivity (Wildman–Crippen MR) is 63.6 cm³/mol. The van der Waals surface area contributed by atoms with Gasteiger partial charge in [0.05, 0.1) is 13.7 Å². The summed E-state index contributed by atoms with van der Waals surface area (Å²) in [7, 11) is 3.11. The third-order valence-electron chi connectivity index (χ3n) is 3.48. The number of nitrogens with two attached hydrogens (primary N) is 1. The van der Waals surface area contributed by atoms with Crippen LogP contribution < -0.4 is 10.5 Å². The van der Waals surface area contributed by atoms with Crippen molar-refractivity contribution in [2.45, 2.75) is 24.9 Å². The lowest BCUT2D eigenvalue weighted by atomic mass is 9.92. The second-order valence-corrected chi connectivity index (χ2v) is 4.53. The fourth-order valence-corrected chi connectivity index (χ4v) is 2.24. The molecule has 0 unspecified atom stereocenters. The molecule has 94 valence electrons. The average molecular weight is 239 g/mol. The highest BCUT2D eigenvalue weighted by Crippen LogP contribution is 2.51. The molecule has 0 radical (unpaired) electrons. The maximum atomic E-state index is 14.4. The van der Waals surface area contributed by atoms with E-state index in [1.807, 2.05) is 0 Å². The van der Waals surface area contributed by atoms with E-state index in [4.69, 9.17) is 15.2 Å². The van der Waals surface area contributed by atoms with Crippen LogP contribution in [-0.2, 0) is 16.8 Å². The first kappa shape index (κ1) is 12.3. The standard InChI is InChI=1S/C13H18FNO2/c1-16-7-9-3-4-10(17-2)11(12(9)14)13(8-15)5-6-13/h3-4H,5-8,15H2,1-2H3. The molecule has 0 aliphatic heterocycles. The topological polar surface area (TPSA) is 44.5 Å². The van der Waals surface area contributed by atoms with Gasteiger partial charge in [-0.25, -0.2) is 4.39 Å². The lowest BCUT2D eigenvalue weighted by Crippen LogP contribution is -2.22. The lowest BCUT2D eigenvalue weighted by Gasteiger charge is -2.19. The van der Waals surface area contributed by atoms with Crippen LogP contribution in [0.1, 0.15) is 24.0 Å². The third kappa shape index (κ3) is 2.03. The van der Waals surface area contributed by atoms with Crippen LogP contribution in [0.15, 0.2) is 12.1 Å². The molecule has 0 aromatic heterocycles. The fourth-order valence-electron chi connectivity index (χ4n) is 2.24. The molecule has 4 heteroatoms. The number of ether oxygens (including phenoxy) is 2. The molecule has 1 aromatic rings. The Hall–Kier alpha value is -1.13. The van der Waals surface area contributed by atoms with E-state index < -0.39 is 0 Å². The molecule has 17 heavy (non-hydrogen) atoms. The van der Waals surface area contributed by atoms with Crippen molar-refractivity contribution < 1.29 is 13.9 Å². The fraction of sp³-hybridized carbons (Fsp3) is 0.538. The van der Waals surface area contributed by atoms with Crippen molar-refractivity contribution in [1.29, 1.82) is 0 Å². The lowest BCUT2D eigenvalue weighted by molar-refractivity contribution is 0.181. The first-order valence-corrected chi connectivity index (χ1v) is 5.73. The van der Waals surface area contributed by atoms with Crippen LogP contribution in [0.4, 0.5) is 4.39 Å². The van der Waals surface area contributed by atoms with Gasteiger partial charge in [0.1, 0.15) is 11.6 Å². The summed E-state index contributed by atoms with van der Waals surface area (Å²) in [6, 6.07) is 3.50. The monoisotopic (exact) mass is 239 g/mol. The van der Waals surface area contributed by atoms with E-state index in [1.54, 1.807) is 26.4 Å². The van der Waals surface area contributed by atoms with E-state index in [2.05, 4.69) is 0 Å². The molecular formula is C13H18FNO2. The molecule has 1 saturated carbocycles. The zero-order valence-electron chi connectivity index (χ0n) is 10.3. The summed E-state index contributed by atoms with van der Waals surface area (Å²) in [5.74, 6) is 0.361. The van der Waals surface area contributed by atoms with Gasteiger partial charge >= 0.3 is 0 Å². The van der Waals surface area contributed by atoms with Crippen LogP contribution in [0, 0.1) is 5.82 Å². The third-order valence-corrected chi connectivity index (χ3v) is 3.48. The molecule has 0 bridgehead atoms. The Labute approximate surface area is 101 Å². The minimum absolute atomic E-state index is 0.223. The van der Waals surface area contributed by atoms with Crippen LogP contribution in [0.3, 0.4) is 0 Å². The van der Waals surface area contributed by atoms with Gasteiger partial charge in [-0.15, -0.1) is 0 Å². The van der Waals surface area contributed by atoms with Crippen molar-refractivity contribution in [1.82, 2.24) is 0 Å². The van der Waals surface area contributed by atoms with Crippen LogP contribution in [0.5, 0.6) is 5.75 Å². The summed E-state index contributed by atoms with van der Waals surface area (Å²) >= 11 is 0. The molecule has 1 aliphatic rings. The Morgan fingerprint density at radius 1 is 1.35 bits per heavy atom. The first-order chi connectivity index (χ1) is 8.18. The van der Waals surface area contributed by atoms with Crippen LogP contribution in [0.25, 0.3) is 0 Å². The predicted octanol–water partition coefficient (Wildman–Crippen LogP) is 1.97. The number of hydrogen-bond acceptors (Lipinski definition) is 3. The van der Waals surface area contributed by atoms with Gasteiger partial charge in [0.15, 0.2) is 0 Å². The van der Waals surface area contributed by atoms with Gasteiger partial charge in [0.2, 0.25) is 0 Å². The largest absolute Gasteiger partial charge is 0.496 e. The highest BCUT2D eigenvalue weighted by atomic mass is 19.1. The zero-order valence-corrected chi connectivity index (χ0v) is 10.3. The van der Waals surface area contributed by atoms with E-state index in [1.165, 1.54) is 0 Å². The van der Waals surface area contributed by atoms with Gasteiger partial charge < -0.3 is 15.2 Å². The summed E-state index contributed by atoms with van der Waals surface area (Å²) in [5.41, 5.74) is 6.72. The smallest absolute Gasteiger partial charge is 0.136 e. The first-order valence-electron chi connectivity index (χ1n) is 5.73. The van der Waals surface area contributed by atoms with E-state index in [9.17, 15) is 4.39 Å². The minimum atomic E-state index is -0.228. The summed E-state index contributed by atoms with van der Waals surface area (Å²) in [5, 5.41) is 0. The SMILES string of the molecule is COCc1ccc(OC)c(C2(CN)CC2)c1F. The molecule has 2 rings (SSSR count). The Morgan fingerprint density at radius 3 is 2.53 bits per heavy atom. The maximum Gasteiger partial charge on any atom is 0.136 e. The van der Waals surface area contributed by atoms with E-state index in [0.717, 1.165) is 12.8 Å². The highest BCUT2D eigenvalue weighted by Gasteiger charge is 2.47. The molecule has 2 N–H and O–H groups in total. The van der Waals surface area contributed by atoms with Crippen LogP contribution >= 0.6 is 0 Å². The molecule has 0 heterocycles. The summed E-state index contributed by atoms with van der Waals surface area (Å²) in [6.45, 7) is 0.722. The van der Waals surface area contributed by atoms with E-state index in [-0.39, 0.29) is 17.8 Å². The molecule has 1 aliphatic carbocycles. The Morgan fingerprint density at radius 2 is 2.06 bits per heavy atom. The molecular weight excluding hydrogens is 221 g/mol. The summed E-state index contributed by atoms with van der Waals surface area (Å²) in [4.78, 5) is 0. The Bertz CT molecular complexity index is 416. The van der Waals surface area contributed by atoms with Crippen molar-refractivity contribution in [3.63, 3.8) is 0 Å². The summed E-state index contributed by atoms with van der Waals surface area (Å²) in [6.07, 6.45) is 1.85. The van der Waals surface area contributed by atoms with Gasteiger partial charge in [-0.1, -0.05) is 6.07 Å². The van der Waals surface area contributed by atoms with E-state index >= 15 is 0 Å². The number of halogens is 1. The van der Waals surface area contributed by atoms with Gasteiger partial charge in [0, 0.05) is 30.2 Å². The Balaban J connectivity index is 2.49. The van der Waals surface area contributed by atoms with E-state index in [0.29, 0.717) is 23.4 Å². The van der Waals surface area contributed by atoms with Crippen LogP contribution in [0.2, 0.25) is 0 Å². The number of benzene rings is 1. The van der Waals surface area contributed by atoms with Crippen molar-refractivity contribution in [3.8, 4) is 5.75 Å². The Kier molecular flexibility index (Phi) is 3.35. The second-order valence-electron chi connectivity index (χ2n) is 4.53. The number of hydrogen-bond donors (Lipinski definition) is 1. The maximum absolute atomic E-state index is 14.4. The quantitative estimate of drug-likeness (QED) is 0.854. The van der Waals surface area contributed by atoms with Crippen molar-refractivity contribution in [2.75, 3.05) is 20.8 Å². The molecule has 1 fully saturated rings. The van der Waals surface area contributed by atoms with Crippen molar-refractivity contribution >= 4 is 0 Å². The normalized spacial score (nSPS) is 16.9. The van der Waals surface area contributed by atoms with Crippen LogP contribution in [-0.4, -0.2) is 20.8 Å². The molecule has 0 atom stereocenters. The van der Waals surface area contributed by atoms with Gasteiger partial charge in [-0.05, 0) is 18.9 Å². The van der Waals surface area contributed by atoms with Crippen molar-refractivity contribution in [3.05, 3.63) is 29.1 Å². The highest BCUT2D eigenvalue weighted by molar-refractivity contribution is 5.47.